The number of rotatable bonds is 8. The highest BCUT2D eigenvalue weighted by Gasteiger charge is 2.18. The van der Waals surface area contributed by atoms with Gasteiger partial charge in [0, 0.05) is 11.1 Å². The molecule has 170 valence electrons. The molecule has 0 atom stereocenters. The Labute approximate surface area is 195 Å². The van der Waals surface area contributed by atoms with Gasteiger partial charge in [-0.2, -0.15) is 27.4 Å². The molecule has 34 heavy (non-hydrogen) atoms. The van der Waals surface area contributed by atoms with Crippen LogP contribution >= 0.6 is 0 Å². The number of nitriles is 2. The Bertz CT molecular complexity index is 1420. The van der Waals surface area contributed by atoms with Crippen molar-refractivity contribution in [2.24, 2.45) is 10.3 Å². The number of oxime groups is 2. The summed E-state index contributed by atoms with van der Waals surface area (Å²) in [6.45, 7) is 0. The Morgan fingerprint density at radius 3 is 1.35 bits per heavy atom. The van der Waals surface area contributed by atoms with Crippen molar-refractivity contribution in [1.82, 2.24) is 0 Å². The zero-order valence-electron chi connectivity index (χ0n) is 17.1. The number of benzene rings is 3. The fourth-order valence-corrected chi connectivity index (χ4v) is 4.02. The van der Waals surface area contributed by atoms with Crippen LogP contribution in [-0.4, -0.2) is 28.3 Å². The average molecular weight is 495 g/mol. The largest absolute Gasteiger partial charge is 0.358 e. The molecule has 3 aromatic carbocycles. The van der Waals surface area contributed by atoms with E-state index in [1.165, 1.54) is 72.8 Å². The first-order valence-electron chi connectivity index (χ1n) is 9.31. The van der Waals surface area contributed by atoms with Gasteiger partial charge < -0.3 is 0 Å². The van der Waals surface area contributed by atoms with Crippen LogP contribution in [0.15, 0.2) is 105 Å². The maximum atomic E-state index is 12.2. The van der Waals surface area contributed by atoms with Crippen LogP contribution in [0.5, 0.6) is 0 Å². The maximum absolute atomic E-state index is 12.2. The van der Waals surface area contributed by atoms with E-state index in [-0.39, 0.29) is 20.9 Å². The molecule has 0 spiro atoms. The Kier molecular flexibility index (Phi) is 7.38. The van der Waals surface area contributed by atoms with E-state index in [9.17, 15) is 27.4 Å². The first kappa shape index (κ1) is 24.1. The average Bonchev–Trinajstić information content (AvgIpc) is 2.86. The summed E-state index contributed by atoms with van der Waals surface area (Å²) in [6.07, 6.45) is 0. The fraction of sp³-hybridized carbons (Fsp3) is 0. The van der Waals surface area contributed by atoms with Crippen molar-refractivity contribution in [2.75, 3.05) is 0 Å². The molecule has 0 unspecified atom stereocenters. The van der Waals surface area contributed by atoms with E-state index in [2.05, 4.69) is 18.9 Å². The Morgan fingerprint density at radius 1 is 0.618 bits per heavy atom. The van der Waals surface area contributed by atoms with Crippen molar-refractivity contribution in [2.45, 2.75) is 9.79 Å². The van der Waals surface area contributed by atoms with Crippen LogP contribution < -0.4 is 0 Å². The van der Waals surface area contributed by atoms with Crippen LogP contribution in [0.1, 0.15) is 11.1 Å². The van der Waals surface area contributed by atoms with Crippen LogP contribution in [0.25, 0.3) is 0 Å². The van der Waals surface area contributed by atoms with E-state index in [0.29, 0.717) is 0 Å². The first-order chi connectivity index (χ1) is 16.3. The van der Waals surface area contributed by atoms with Crippen molar-refractivity contribution in [3.63, 3.8) is 0 Å². The third-order valence-electron chi connectivity index (χ3n) is 4.14. The summed E-state index contributed by atoms with van der Waals surface area (Å²) in [5.74, 6) is 0. The minimum atomic E-state index is -4.26. The van der Waals surface area contributed by atoms with Gasteiger partial charge in [-0.15, -0.1) is 0 Å². The van der Waals surface area contributed by atoms with Crippen molar-refractivity contribution < 1.29 is 25.4 Å². The predicted octanol–water partition coefficient (Wildman–Crippen LogP) is 2.95. The highest BCUT2D eigenvalue weighted by atomic mass is 32.2. The third kappa shape index (κ3) is 5.83. The molecule has 0 saturated carbocycles. The van der Waals surface area contributed by atoms with Gasteiger partial charge in [0.1, 0.15) is 21.9 Å². The van der Waals surface area contributed by atoms with Crippen molar-refractivity contribution in [3.8, 4) is 12.1 Å². The van der Waals surface area contributed by atoms with E-state index >= 15 is 0 Å². The van der Waals surface area contributed by atoms with Gasteiger partial charge in [-0.1, -0.05) is 64.9 Å². The van der Waals surface area contributed by atoms with Crippen LogP contribution in [0.3, 0.4) is 0 Å². The Hall–Kier alpha value is -4.52. The molecule has 0 bridgehead atoms. The highest BCUT2D eigenvalue weighted by Crippen LogP contribution is 2.15. The van der Waals surface area contributed by atoms with Gasteiger partial charge in [0.2, 0.25) is 0 Å². The second-order valence-corrected chi connectivity index (χ2v) is 9.43. The fourth-order valence-electron chi connectivity index (χ4n) is 2.52. The molecule has 0 N–H and O–H groups in total. The topological polar surface area (TPSA) is 159 Å². The number of hydrogen-bond donors (Lipinski definition) is 0. The summed E-state index contributed by atoms with van der Waals surface area (Å²) in [5.41, 5.74) is -0.623. The summed E-state index contributed by atoms with van der Waals surface area (Å²) >= 11 is 0. The van der Waals surface area contributed by atoms with Crippen LogP contribution in [0, 0.1) is 22.7 Å². The van der Waals surface area contributed by atoms with Crippen LogP contribution in [0.2, 0.25) is 0 Å². The van der Waals surface area contributed by atoms with Gasteiger partial charge in [-0.05, 0) is 30.3 Å². The molecule has 0 amide bonds. The van der Waals surface area contributed by atoms with Gasteiger partial charge in [0.05, 0.1) is 0 Å². The van der Waals surface area contributed by atoms with E-state index in [1.54, 1.807) is 24.3 Å². The molecular formula is C22H14N4O6S2. The molecular weight excluding hydrogens is 480 g/mol. The zero-order chi connectivity index (χ0) is 24.6. The van der Waals surface area contributed by atoms with E-state index in [4.69, 9.17) is 0 Å². The SMILES string of the molecule is N#CC(=NOS(=O)(=O)c1ccccc1)c1cccc(C(C#N)=NOS(=O)(=O)c2ccccc2)c1. The lowest BCUT2D eigenvalue weighted by atomic mass is 10.0. The van der Waals surface area contributed by atoms with Gasteiger partial charge in [0.15, 0.2) is 11.4 Å². The summed E-state index contributed by atoms with van der Waals surface area (Å²) in [6, 6.07) is 23.4. The molecule has 0 radical (unpaired) electrons. The minimum absolute atomic E-state index is 0.0946. The van der Waals surface area contributed by atoms with E-state index in [0.717, 1.165) is 0 Å². The van der Waals surface area contributed by atoms with Crippen molar-refractivity contribution in [1.29, 1.82) is 10.5 Å². The molecule has 0 aliphatic carbocycles. The van der Waals surface area contributed by atoms with Crippen molar-refractivity contribution >= 4 is 31.7 Å². The molecule has 3 rings (SSSR count). The second kappa shape index (κ2) is 10.4. The Balaban J connectivity index is 1.87. The molecule has 10 nitrogen and oxygen atoms in total. The minimum Gasteiger partial charge on any atom is -0.263 e. The summed E-state index contributed by atoms with van der Waals surface area (Å²) < 4.78 is 58.2. The Morgan fingerprint density at radius 2 is 1.00 bits per heavy atom. The lowest BCUT2D eigenvalue weighted by Gasteiger charge is -2.04. The predicted molar refractivity (Wildman–Crippen MR) is 120 cm³/mol. The first-order valence-corrected chi connectivity index (χ1v) is 12.1. The summed E-state index contributed by atoms with van der Waals surface area (Å²) in [5, 5.41) is 25.7. The standard InChI is InChI=1S/C22H14N4O6S2/c23-15-21(25-31-33(27,28)19-10-3-1-4-11-19)17-8-7-9-18(14-17)22(16-24)26-32-34(29,30)20-12-5-2-6-13-20/h1-14H. The van der Waals surface area contributed by atoms with Gasteiger partial charge in [0.25, 0.3) is 0 Å². The monoisotopic (exact) mass is 494 g/mol. The van der Waals surface area contributed by atoms with Gasteiger partial charge in [-0.3, -0.25) is 8.57 Å². The summed E-state index contributed by atoms with van der Waals surface area (Å²) in [4.78, 5) is -0.305. The zero-order valence-corrected chi connectivity index (χ0v) is 18.8. The lowest BCUT2D eigenvalue weighted by Crippen LogP contribution is -2.08. The van der Waals surface area contributed by atoms with Crippen molar-refractivity contribution in [3.05, 3.63) is 96.1 Å². The maximum Gasteiger partial charge on any atom is 0.358 e. The molecule has 0 aromatic heterocycles. The molecule has 0 fully saturated rings. The number of hydrogen-bond acceptors (Lipinski definition) is 10. The molecule has 3 aromatic rings. The summed E-state index contributed by atoms with van der Waals surface area (Å²) in [7, 11) is -8.51. The highest BCUT2D eigenvalue weighted by molar-refractivity contribution is 7.87. The second-order valence-electron chi connectivity index (χ2n) is 6.37. The van der Waals surface area contributed by atoms with Crippen LogP contribution in [0.4, 0.5) is 0 Å². The molecule has 0 aliphatic heterocycles. The third-order valence-corrected chi connectivity index (χ3v) is 6.38. The molecule has 0 heterocycles. The quantitative estimate of drug-likeness (QED) is 0.341. The molecule has 12 heteroatoms. The van der Waals surface area contributed by atoms with E-state index in [1.807, 2.05) is 0 Å². The smallest absolute Gasteiger partial charge is 0.263 e. The normalized spacial score (nSPS) is 12.3. The van der Waals surface area contributed by atoms with E-state index < -0.39 is 31.7 Å². The molecule has 0 saturated heterocycles. The van der Waals surface area contributed by atoms with Gasteiger partial charge >= 0.3 is 20.2 Å². The molecule has 0 aliphatic rings. The van der Waals surface area contributed by atoms with Gasteiger partial charge in [-0.25, -0.2) is 0 Å². The lowest BCUT2D eigenvalue weighted by molar-refractivity contribution is 0.339. The van der Waals surface area contributed by atoms with Crippen LogP contribution in [-0.2, 0) is 28.8 Å². The number of nitrogens with zero attached hydrogens (tertiary/aromatic N) is 4.